The fourth-order valence-electron chi connectivity index (χ4n) is 8.26. The molecule has 2 fully saturated rings. The van der Waals surface area contributed by atoms with Gasteiger partial charge in [0.2, 0.25) is 0 Å². The van der Waals surface area contributed by atoms with Crippen LogP contribution in [0.5, 0.6) is 0 Å². The highest BCUT2D eigenvalue weighted by Gasteiger charge is 2.46. The van der Waals surface area contributed by atoms with E-state index in [9.17, 15) is 40.7 Å². The van der Waals surface area contributed by atoms with Gasteiger partial charge in [-0.15, -0.1) is 0 Å². The van der Waals surface area contributed by atoms with Crippen molar-refractivity contribution in [1.29, 1.82) is 0 Å². The average molecular weight is 825 g/mol. The molecule has 316 valence electrons. The van der Waals surface area contributed by atoms with Crippen molar-refractivity contribution in [2.45, 2.75) is 70.1 Å². The Labute approximate surface area is 340 Å². The molecular weight excluding hydrogens is 775 g/mol. The van der Waals surface area contributed by atoms with Crippen LogP contribution in [0.25, 0.3) is 0 Å². The number of hydrogen-bond acceptors (Lipinski definition) is 7. The number of carbonyl (C=O) groups excluding carboxylic acids is 3. The normalized spacial score (nSPS) is 17.5. The molecule has 2 saturated heterocycles. The molecule has 2 spiro atoms. The second-order valence-corrected chi connectivity index (χ2v) is 15.2. The van der Waals surface area contributed by atoms with E-state index in [4.69, 9.17) is 5.73 Å². The van der Waals surface area contributed by atoms with Crippen molar-refractivity contribution >= 4 is 29.0 Å². The molecule has 59 heavy (non-hydrogen) atoms. The van der Waals surface area contributed by atoms with Crippen LogP contribution in [0.1, 0.15) is 77.8 Å². The highest BCUT2D eigenvalue weighted by Crippen LogP contribution is 2.43. The third-order valence-electron chi connectivity index (χ3n) is 11.8. The topological polar surface area (TPSA) is 111 Å². The zero-order valence-electron chi connectivity index (χ0n) is 32.3. The Morgan fingerprint density at radius 3 is 1.54 bits per heavy atom. The number of likely N-dealkylation sites (tertiary alicyclic amines) is 1. The first-order valence-corrected chi connectivity index (χ1v) is 19.1. The highest BCUT2D eigenvalue weighted by molar-refractivity contribution is 6.05. The van der Waals surface area contributed by atoms with E-state index >= 15 is 0 Å². The molecule has 0 atom stereocenters. The minimum Gasteiger partial charge on any atom is -0.368 e. The number of piperidine rings is 2. The lowest BCUT2D eigenvalue weighted by Crippen LogP contribution is -2.59. The van der Waals surface area contributed by atoms with Gasteiger partial charge < -0.3 is 31.1 Å². The lowest BCUT2D eigenvalue weighted by molar-refractivity contribution is 0.0887. The number of rotatable bonds is 3. The zero-order valence-corrected chi connectivity index (χ0v) is 32.3. The number of hydrogen-bond donors (Lipinski definition) is 3. The zero-order chi connectivity index (χ0) is 41.8. The van der Waals surface area contributed by atoms with Crippen molar-refractivity contribution in [2.24, 2.45) is 5.73 Å². The molecule has 4 N–H and O–H groups in total. The van der Waals surface area contributed by atoms with Crippen LogP contribution in [0, 0.1) is 34.9 Å². The number of ketones is 2. The number of nitrogens with two attached hydrogens (primary N) is 1. The highest BCUT2D eigenvalue weighted by atomic mass is 19.2. The summed E-state index contributed by atoms with van der Waals surface area (Å²) < 4.78 is 78.3. The summed E-state index contributed by atoms with van der Waals surface area (Å²) in [5.41, 5.74) is 7.69. The molecule has 4 heterocycles. The van der Waals surface area contributed by atoms with Crippen LogP contribution < -0.4 is 26.2 Å². The molecule has 0 radical (unpaired) electrons. The first-order chi connectivity index (χ1) is 27.6. The Kier molecular flexibility index (Phi) is 14.1. The number of nitrogens with zero attached hydrogens (tertiary/aromatic N) is 3. The summed E-state index contributed by atoms with van der Waals surface area (Å²) in [5, 5.41) is 5.99. The maximum Gasteiger partial charge on any atom is 0.317 e. The summed E-state index contributed by atoms with van der Waals surface area (Å²) in [6, 6.07) is 15.0. The van der Waals surface area contributed by atoms with Crippen LogP contribution in [0.4, 0.5) is 42.5 Å². The minimum absolute atomic E-state index is 0. The third-order valence-corrected chi connectivity index (χ3v) is 11.8. The number of halogens is 6. The number of carbonyl (C=O) groups is 3. The predicted octanol–water partition coefficient (Wildman–Crippen LogP) is 7.90. The molecule has 0 unspecified atom stereocenters. The fraction of sp³-hybridized carbons (Fsp3) is 0.386. The van der Waals surface area contributed by atoms with Gasteiger partial charge >= 0.3 is 6.03 Å². The Bertz CT molecular complexity index is 2170. The molecule has 4 aliphatic rings. The molecule has 4 aliphatic heterocycles. The predicted molar refractivity (Wildman–Crippen MR) is 215 cm³/mol. The van der Waals surface area contributed by atoms with E-state index in [-0.39, 0.29) is 61.5 Å². The molecule has 8 rings (SSSR count). The van der Waals surface area contributed by atoms with Crippen LogP contribution in [-0.4, -0.2) is 73.8 Å². The summed E-state index contributed by atoms with van der Waals surface area (Å²) in [4.78, 5) is 43.2. The van der Waals surface area contributed by atoms with Crippen LogP contribution >= 0.6 is 0 Å². The molecule has 4 aromatic carbocycles. The third kappa shape index (κ3) is 9.73. The van der Waals surface area contributed by atoms with Crippen molar-refractivity contribution in [3.63, 3.8) is 0 Å². The van der Waals surface area contributed by atoms with E-state index in [0.29, 0.717) is 54.7 Å². The Morgan fingerprint density at radius 2 is 1.08 bits per heavy atom. The van der Waals surface area contributed by atoms with E-state index < -0.39 is 34.6 Å². The van der Waals surface area contributed by atoms with Gasteiger partial charge in [-0.25, -0.2) is 31.1 Å². The van der Waals surface area contributed by atoms with Gasteiger partial charge in [0.15, 0.2) is 11.6 Å². The van der Waals surface area contributed by atoms with E-state index in [1.165, 1.54) is 42.5 Å². The Hall–Kier alpha value is -5.41. The quantitative estimate of drug-likeness (QED) is 0.180. The number of benzene rings is 4. The lowest BCUT2D eigenvalue weighted by atomic mass is 9.77. The molecule has 9 nitrogen and oxygen atoms in total. The number of fused-ring (bicyclic) bond motifs is 2. The average Bonchev–Trinajstić information content (AvgIpc) is 3.20. The van der Waals surface area contributed by atoms with E-state index in [0.717, 1.165) is 49.8 Å². The second-order valence-electron chi connectivity index (χ2n) is 15.2. The molecule has 0 bridgehead atoms. The molecule has 0 aliphatic carbocycles. The molecular formula is C44H50F6N6O3. The minimum atomic E-state index is -0.703. The van der Waals surface area contributed by atoms with Crippen molar-refractivity contribution in [1.82, 2.24) is 15.5 Å². The van der Waals surface area contributed by atoms with Gasteiger partial charge in [-0.05, 0) is 87.3 Å². The summed E-state index contributed by atoms with van der Waals surface area (Å²) >= 11 is 0. The number of nitrogens with one attached hydrogen (secondary N) is 2. The van der Waals surface area contributed by atoms with Gasteiger partial charge in [0.25, 0.3) is 0 Å². The van der Waals surface area contributed by atoms with Gasteiger partial charge in [0.05, 0.1) is 5.54 Å². The van der Waals surface area contributed by atoms with E-state index in [1.54, 1.807) is 17.0 Å². The summed E-state index contributed by atoms with van der Waals surface area (Å²) in [5.74, 6) is -3.31. The number of anilines is 2. The first-order valence-electron chi connectivity index (χ1n) is 19.1. The van der Waals surface area contributed by atoms with Crippen molar-refractivity contribution < 1.29 is 40.7 Å². The maximum atomic E-state index is 13.7. The molecule has 15 heteroatoms. The summed E-state index contributed by atoms with van der Waals surface area (Å²) in [6.45, 7) is 2.82. The van der Waals surface area contributed by atoms with Crippen LogP contribution in [0.2, 0.25) is 0 Å². The molecule has 0 saturated carbocycles. The first kappa shape index (κ1) is 44.7. The van der Waals surface area contributed by atoms with Gasteiger partial charge in [-0.3, -0.25) is 9.59 Å². The second kappa shape index (κ2) is 18.7. The number of Topliss-reactive ketones (excluding diaryl/α,β-unsaturated/α-hetero) is 2. The van der Waals surface area contributed by atoms with Crippen LogP contribution in [0.15, 0.2) is 72.8 Å². The van der Waals surface area contributed by atoms with Crippen molar-refractivity contribution in [3.8, 4) is 0 Å². The van der Waals surface area contributed by atoms with Crippen LogP contribution in [-0.2, 0) is 13.1 Å². The Balaban J connectivity index is 0.000000192. The lowest BCUT2D eigenvalue weighted by Gasteiger charge is -2.50. The van der Waals surface area contributed by atoms with Crippen molar-refractivity contribution in [3.05, 3.63) is 130 Å². The SMILES string of the molecule is C.CN1c2ccc(F)cc2C(=O)CC12CCN(C(=O)NCc1ccc(F)cc1F)CC2.CN1c2ccc(F)cc2C(=O)CC12CCNCC2.NCc1ccc(F)cc1F. The molecule has 2 amide bonds. The monoisotopic (exact) mass is 824 g/mol. The van der Waals surface area contributed by atoms with Gasteiger partial charge in [-0.1, -0.05) is 19.6 Å². The fourth-order valence-corrected chi connectivity index (χ4v) is 8.26. The molecule has 0 aromatic heterocycles. The maximum absolute atomic E-state index is 13.7. The van der Waals surface area contributed by atoms with E-state index in [2.05, 4.69) is 15.5 Å². The summed E-state index contributed by atoms with van der Waals surface area (Å²) in [6.07, 6.45) is 3.88. The van der Waals surface area contributed by atoms with Gasteiger partial charge in [-0.2, -0.15) is 0 Å². The number of amides is 2. The standard InChI is InChI=1S/C22H22F3N3O2.C14H17FN2O.C7H7F2N.CH4/c1-27-19-5-4-15(23)10-17(19)20(29)12-22(27)6-8-28(9-7-22)21(30)26-13-14-2-3-16(24)11-18(14)25;1-17-12-3-2-10(15)8-11(12)13(18)9-14(17)4-6-16-7-5-14;8-6-2-1-5(4-10)7(9)3-6;/h2-5,10-11H,6-9,12-13H2,1H3,(H,26,30);2-3,8,16H,4-7,9H2,1H3;1-3H,4,10H2;1H4. The largest absolute Gasteiger partial charge is 0.368 e. The smallest absolute Gasteiger partial charge is 0.317 e. The number of urea groups is 1. The van der Waals surface area contributed by atoms with Gasteiger partial charge in [0.1, 0.15) is 34.9 Å². The van der Waals surface area contributed by atoms with E-state index in [1.807, 2.05) is 19.0 Å². The Morgan fingerprint density at radius 1 is 0.661 bits per heavy atom. The van der Waals surface area contributed by atoms with Gasteiger partial charge in [0, 0.05) is 104 Å². The van der Waals surface area contributed by atoms with Crippen molar-refractivity contribution in [2.75, 3.05) is 50.1 Å². The van der Waals surface area contributed by atoms with Crippen LogP contribution in [0.3, 0.4) is 0 Å². The molecule has 4 aromatic rings. The summed E-state index contributed by atoms with van der Waals surface area (Å²) in [7, 11) is 3.92.